The Bertz CT molecular complexity index is 729. The van der Waals surface area contributed by atoms with Gasteiger partial charge in [-0.25, -0.2) is 0 Å². The molecule has 0 spiro atoms. The molecule has 4 nitrogen and oxygen atoms in total. The van der Waals surface area contributed by atoms with Gasteiger partial charge in [-0.15, -0.1) is 0 Å². The summed E-state index contributed by atoms with van der Waals surface area (Å²) in [6.07, 6.45) is 4.21. The van der Waals surface area contributed by atoms with Crippen LogP contribution in [0.1, 0.15) is 51.2 Å². The highest BCUT2D eigenvalue weighted by atomic mass is 32.2. The van der Waals surface area contributed by atoms with Gasteiger partial charge in [0.15, 0.2) is 0 Å². The van der Waals surface area contributed by atoms with Crippen LogP contribution in [0.3, 0.4) is 0 Å². The predicted molar refractivity (Wildman–Crippen MR) is 124 cm³/mol. The summed E-state index contributed by atoms with van der Waals surface area (Å²) in [7, 11) is 1.63. The predicted octanol–water partition coefficient (Wildman–Crippen LogP) is 4.30. The van der Waals surface area contributed by atoms with Gasteiger partial charge >= 0.3 is 0 Å². The Balaban J connectivity index is 1.67. The van der Waals surface area contributed by atoms with Crippen LogP contribution in [0, 0.1) is 12.8 Å². The second kappa shape index (κ2) is 9.74. The molecule has 2 fully saturated rings. The third-order valence-electron chi connectivity index (χ3n) is 6.78. The average Bonchev–Trinajstić information content (AvgIpc) is 3.37. The Kier molecular flexibility index (Phi) is 7.73. The molecule has 6 atom stereocenters. The Morgan fingerprint density at radius 3 is 2.63 bits per heavy atom. The highest BCUT2D eigenvalue weighted by molar-refractivity contribution is 7.99. The largest absolute Gasteiger partial charge is 0.390 e. The van der Waals surface area contributed by atoms with Gasteiger partial charge in [-0.1, -0.05) is 41.5 Å². The Hall–Kier alpha value is -0.850. The normalized spacial score (nSPS) is 35.8. The zero-order chi connectivity index (χ0) is 21.9. The number of epoxide rings is 1. The van der Waals surface area contributed by atoms with E-state index in [0.29, 0.717) is 18.6 Å². The lowest BCUT2D eigenvalue weighted by Gasteiger charge is -2.48. The van der Waals surface area contributed by atoms with E-state index in [1.54, 1.807) is 18.9 Å². The van der Waals surface area contributed by atoms with Gasteiger partial charge in [-0.3, -0.25) is 0 Å². The summed E-state index contributed by atoms with van der Waals surface area (Å²) in [5.74, 6) is 1.34. The molecule has 1 aliphatic carbocycles. The van der Waals surface area contributed by atoms with Crippen LogP contribution in [-0.4, -0.2) is 58.3 Å². The third kappa shape index (κ3) is 5.31. The second-order valence-electron chi connectivity index (χ2n) is 9.48. The van der Waals surface area contributed by atoms with E-state index >= 15 is 0 Å². The first-order valence-electron chi connectivity index (χ1n) is 11.1. The first-order valence-corrected chi connectivity index (χ1v) is 12.2. The van der Waals surface area contributed by atoms with Crippen LogP contribution >= 0.6 is 11.8 Å². The molecule has 3 rings (SSSR count). The molecule has 30 heavy (non-hydrogen) atoms. The molecule has 2 N–H and O–H groups in total. The fourth-order valence-corrected chi connectivity index (χ4v) is 6.13. The SMILES string of the molecule is COC1C(O)CCC(O)(CSCCc2ccc(C)cc2)C1C1(C)OC1CC=C(C)C. The van der Waals surface area contributed by atoms with Gasteiger partial charge in [-0.05, 0) is 64.7 Å². The molecular weight excluding hydrogens is 396 g/mol. The number of methoxy groups -OCH3 is 1. The van der Waals surface area contributed by atoms with E-state index in [4.69, 9.17) is 9.47 Å². The van der Waals surface area contributed by atoms with Crippen molar-refractivity contribution in [2.24, 2.45) is 5.92 Å². The minimum Gasteiger partial charge on any atom is -0.390 e. The zero-order valence-corrected chi connectivity index (χ0v) is 19.9. The van der Waals surface area contributed by atoms with Crippen LogP contribution in [0.5, 0.6) is 0 Å². The average molecular weight is 435 g/mol. The van der Waals surface area contributed by atoms with Crippen molar-refractivity contribution in [3.63, 3.8) is 0 Å². The molecule has 0 radical (unpaired) electrons. The fourth-order valence-electron chi connectivity index (χ4n) is 4.92. The topological polar surface area (TPSA) is 62.2 Å². The summed E-state index contributed by atoms with van der Waals surface area (Å²) in [4.78, 5) is 0. The van der Waals surface area contributed by atoms with Crippen LogP contribution in [0.2, 0.25) is 0 Å². The molecule has 1 saturated heterocycles. The lowest BCUT2D eigenvalue weighted by molar-refractivity contribution is -0.169. The quantitative estimate of drug-likeness (QED) is 0.345. The lowest BCUT2D eigenvalue weighted by atomic mass is 9.66. The molecule has 5 heteroatoms. The van der Waals surface area contributed by atoms with Crippen molar-refractivity contribution in [3.8, 4) is 0 Å². The number of aliphatic hydroxyl groups is 2. The molecule has 0 amide bonds. The second-order valence-corrected chi connectivity index (χ2v) is 10.6. The van der Waals surface area contributed by atoms with E-state index in [0.717, 1.165) is 18.6 Å². The summed E-state index contributed by atoms with van der Waals surface area (Å²) in [5.41, 5.74) is 2.48. The van der Waals surface area contributed by atoms with E-state index in [2.05, 4.69) is 58.0 Å². The third-order valence-corrected chi connectivity index (χ3v) is 7.97. The van der Waals surface area contributed by atoms with Crippen molar-refractivity contribution in [3.05, 3.63) is 47.0 Å². The lowest BCUT2D eigenvalue weighted by Crippen LogP contribution is -2.60. The van der Waals surface area contributed by atoms with Crippen LogP contribution in [0.15, 0.2) is 35.9 Å². The van der Waals surface area contributed by atoms with Crippen molar-refractivity contribution in [2.75, 3.05) is 18.6 Å². The summed E-state index contributed by atoms with van der Waals surface area (Å²) in [5, 5.41) is 22.3. The number of rotatable bonds is 9. The van der Waals surface area contributed by atoms with E-state index in [1.165, 1.54) is 16.7 Å². The number of thioether (sulfide) groups is 1. The summed E-state index contributed by atoms with van der Waals surface area (Å²) in [6, 6.07) is 8.65. The van der Waals surface area contributed by atoms with Gasteiger partial charge in [0.2, 0.25) is 0 Å². The molecular formula is C25H38O4S. The van der Waals surface area contributed by atoms with Crippen LogP contribution in [0.25, 0.3) is 0 Å². The van der Waals surface area contributed by atoms with E-state index in [9.17, 15) is 10.2 Å². The highest BCUT2D eigenvalue weighted by Gasteiger charge is 2.66. The van der Waals surface area contributed by atoms with Crippen molar-refractivity contribution >= 4 is 11.8 Å². The van der Waals surface area contributed by atoms with Crippen LogP contribution in [0.4, 0.5) is 0 Å². The minimum absolute atomic E-state index is 0.0597. The van der Waals surface area contributed by atoms with Gasteiger partial charge < -0.3 is 19.7 Å². The molecule has 0 aromatic heterocycles. The first kappa shape index (κ1) is 23.8. The van der Waals surface area contributed by atoms with Gasteiger partial charge in [-0.2, -0.15) is 11.8 Å². The highest BCUT2D eigenvalue weighted by Crippen LogP contribution is 2.54. The first-order chi connectivity index (χ1) is 14.2. The van der Waals surface area contributed by atoms with Crippen molar-refractivity contribution in [2.45, 2.75) is 82.9 Å². The maximum Gasteiger partial charge on any atom is 0.100 e. The molecule has 1 aliphatic heterocycles. The van der Waals surface area contributed by atoms with Gasteiger partial charge in [0.05, 0.1) is 23.9 Å². The molecule has 1 saturated carbocycles. The number of aryl methyl sites for hydroxylation is 2. The summed E-state index contributed by atoms with van der Waals surface area (Å²) < 4.78 is 11.9. The Morgan fingerprint density at radius 2 is 2.00 bits per heavy atom. The van der Waals surface area contributed by atoms with E-state index in [-0.39, 0.29) is 12.0 Å². The minimum atomic E-state index is -0.910. The number of allylic oxidation sites excluding steroid dienone is 1. The summed E-state index contributed by atoms with van der Waals surface area (Å²) in [6.45, 7) is 8.35. The molecule has 6 unspecified atom stereocenters. The van der Waals surface area contributed by atoms with Crippen molar-refractivity contribution in [1.82, 2.24) is 0 Å². The van der Waals surface area contributed by atoms with Crippen LogP contribution < -0.4 is 0 Å². The molecule has 1 heterocycles. The standard InChI is InChI=1S/C25H38O4S/c1-17(2)6-11-21-24(4,29-21)23-22(28-5)20(26)12-14-25(23,27)16-30-15-13-19-9-7-18(3)8-10-19/h6-10,20-23,26-27H,11-16H2,1-5H3. The van der Waals surface area contributed by atoms with E-state index in [1.807, 2.05) is 0 Å². The molecule has 168 valence electrons. The van der Waals surface area contributed by atoms with Gasteiger partial charge in [0.25, 0.3) is 0 Å². The number of aliphatic hydroxyl groups excluding tert-OH is 1. The summed E-state index contributed by atoms with van der Waals surface area (Å²) >= 11 is 1.78. The zero-order valence-electron chi connectivity index (χ0n) is 19.1. The van der Waals surface area contributed by atoms with Crippen molar-refractivity contribution < 1.29 is 19.7 Å². The number of hydrogen-bond acceptors (Lipinski definition) is 5. The monoisotopic (exact) mass is 434 g/mol. The molecule has 2 aliphatic rings. The maximum absolute atomic E-state index is 11.7. The molecule has 1 aromatic carbocycles. The number of benzene rings is 1. The van der Waals surface area contributed by atoms with Crippen molar-refractivity contribution in [1.29, 1.82) is 0 Å². The molecule has 0 bridgehead atoms. The number of ether oxygens (including phenoxy) is 2. The maximum atomic E-state index is 11.7. The number of hydrogen-bond donors (Lipinski definition) is 2. The smallest absolute Gasteiger partial charge is 0.100 e. The Morgan fingerprint density at radius 1 is 1.30 bits per heavy atom. The van der Waals surface area contributed by atoms with E-state index < -0.39 is 23.4 Å². The van der Waals surface area contributed by atoms with Crippen LogP contribution in [-0.2, 0) is 15.9 Å². The Labute approximate surface area is 186 Å². The van der Waals surface area contributed by atoms with Gasteiger partial charge in [0, 0.05) is 18.8 Å². The fraction of sp³-hybridized carbons (Fsp3) is 0.680. The van der Waals surface area contributed by atoms with Gasteiger partial charge in [0.1, 0.15) is 5.60 Å². The molecule has 1 aromatic rings.